The number of nitrogens with two attached hydrogens (primary N) is 1. The van der Waals surface area contributed by atoms with E-state index in [0.717, 1.165) is 25.1 Å². The summed E-state index contributed by atoms with van der Waals surface area (Å²) in [6.07, 6.45) is 10.4. The summed E-state index contributed by atoms with van der Waals surface area (Å²) in [7, 11) is 0. The summed E-state index contributed by atoms with van der Waals surface area (Å²) in [6.45, 7) is 1.58. The van der Waals surface area contributed by atoms with Crippen LogP contribution in [0, 0.1) is 0 Å². The van der Waals surface area contributed by atoms with E-state index in [0.29, 0.717) is 6.42 Å². The fourth-order valence-electron chi connectivity index (χ4n) is 3.60. The van der Waals surface area contributed by atoms with Crippen molar-refractivity contribution >= 4 is 0 Å². The molecule has 0 saturated heterocycles. The van der Waals surface area contributed by atoms with Gasteiger partial charge < -0.3 is 11.1 Å². The minimum atomic E-state index is -0.274. The maximum absolute atomic E-state index is 12.5. The van der Waals surface area contributed by atoms with E-state index in [4.69, 9.17) is 5.73 Å². The lowest BCUT2D eigenvalue weighted by Crippen LogP contribution is -2.44. The Kier molecular flexibility index (Phi) is 7.34. The highest BCUT2D eigenvalue weighted by Crippen LogP contribution is 2.37. The van der Waals surface area contributed by atoms with Gasteiger partial charge in [0.1, 0.15) is 0 Å². The molecule has 1 aliphatic carbocycles. The molecule has 2 rings (SSSR count). The summed E-state index contributed by atoms with van der Waals surface area (Å²) < 4.78 is 12.5. The van der Waals surface area contributed by atoms with Crippen molar-refractivity contribution in [2.24, 2.45) is 5.73 Å². The summed E-state index contributed by atoms with van der Waals surface area (Å²) in [5.41, 5.74) is 8.18. The van der Waals surface area contributed by atoms with Crippen molar-refractivity contribution in [2.75, 3.05) is 19.8 Å². The fourth-order valence-corrected chi connectivity index (χ4v) is 3.60. The molecule has 0 bridgehead atoms. The first kappa shape index (κ1) is 17.4. The molecule has 1 fully saturated rings. The largest absolute Gasteiger partial charge is 0.330 e. The Morgan fingerprint density at radius 1 is 1.00 bits per heavy atom. The maximum Gasteiger partial charge on any atom is 0.0934 e. The number of nitrogens with one attached hydrogen (secondary N) is 1. The summed E-state index contributed by atoms with van der Waals surface area (Å²) in [6, 6.07) is 8.62. The number of aryl methyl sites for hydroxylation is 1. The number of rotatable bonds is 9. The highest BCUT2D eigenvalue weighted by Gasteiger charge is 2.32. The van der Waals surface area contributed by atoms with E-state index in [1.54, 1.807) is 0 Å². The Balaban J connectivity index is 2.00. The molecule has 0 atom stereocenters. The van der Waals surface area contributed by atoms with Gasteiger partial charge in [0.05, 0.1) is 6.67 Å². The first-order valence-corrected chi connectivity index (χ1v) is 8.91. The Morgan fingerprint density at radius 3 is 2.36 bits per heavy atom. The van der Waals surface area contributed by atoms with Crippen LogP contribution in [-0.2, 0) is 12.0 Å². The topological polar surface area (TPSA) is 38.0 Å². The molecule has 1 aromatic rings. The van der Waals surface area contributed by atoms with Gasteiger partial charge in [0.25, 0.3) is 0 Å². The van der Waals surface area contributed by atoms with Gasteiger partial charge in [0.2, 0.25) is 0 Å². The van der Waals surface area contributed by atoms with Crippen molar-refractivity contribution in [1.82, 2.24) is 5.32 Å². The minimum absolute atomic E-state index is 0.134. The molecule has 1 aliphatic rings. The first-order chi connectivity index (χ1) is 10.8. The van der Waals surface area contributed by atoms with Crippen LogP contribution in [0.4, 0.5) is 4.39 Å². The number of halogens is 1. The van der Waals surface area contributed by atoms with E-state index < -0.39 is 0 Å². The van der Waals surface area contributed by atoms with Crippen molar-refractivity contribution in [3.8, 4) is 0 Å². The number of alkyl halides is 1. The molecule has 124 valence electrons. The van der Waals surface area contributed by atoms with Crippen LogP contribution in [0.1, 0.15) is 62.5 Å². The molecule has 2 nitrogen and oxygen atoms in total. The first-order valence-electron chi connectivity index (χ1n) is 8.91. The van der Waals surface area contributed by atoms with Gasteiger partial charge in [0.15, 0.2) is 0 Å². The summed E-state index contributed by atoms with van der Waals surface area (Å²) in [5.74, 6) is 0. The zero-order chi connectivity index (χ0) is 15.7. The van der Waals surface area contributed by atoms with Crippen LogP contribution in [0.5, 0.6) is 0 Å². The second kappa shape index (κ2) is 9.26. The van der Waals surface area contributed by atoms with Gasteiger partial charge >= 0.3 is 0 Å². The van der Waals surface area contributed by atoms with Crippen LogP contribution < -0.4 is 11.1 Å². The highest BCUT2D eigenvalue weighted by atomic mass is 19.1. The molecule has 0 aliphatic heterocycles. The maximum atomic E-state index is 12.5. The highest BCUT2D eigenvalue weighted by molar-refractivity contribution is 5.29. The van der Waals surface area contributed by atoms with E-state index >= 15 is 0 Å². The molecule has 0 spiro atoms. The number of hydrogen-bond acceptors (Lipinski definition) is 2. The van der Waals surface area contributed by atoms with Gasteiger partial charge in [-0.15, -0.1) is 0 Å². The van der Waals surface area contributed by atoms with Crippen molar-refractivity contribution < 1.29 is 4.39 Å². The van der Waals surface area contributed by atoms with Crippen molar-refractivity contribution in [2.45, 2.75) is 63.3 Å². The predicted molar refractivity (Wildman–Crippen MR) is 91.8 cm³/mol. The van der Waals surface area contributed by atoms with Crippen LogP contribution in [-0.4, -0.2) is 19.8 Å². The molecule has 22 heavy (non-hydrogen) atoms. The summed E-state index contributed by atoms with van der Waals surface area (Å²) in [4.78, 5) is 0. The molecule has 0 radical (unpaired) electrons. The average molecular weight is 306 g/mol. The monoisotopic (exact) mass is 306 g/mol. The van der Waals surface area contributed by atoms with E-state index in [2.05, 4.69) is 29.6 Å². The lowest BCUT2D eigenvalue weighted by molar-refractivity contribution is 0.232. The number of hydrogen-bond donors (Lipinski definition) is 2. The van der Waals surface area contributed by atoms with Crippen LogP contribution in [0.3, 0.4) is 0 Å². The quantitative estimate of drug-likeness (QED) is 0.675. The van der Waals surface area contributed by atoms with Crippen LogP contribution in [0.25, 0.3) is 0 Å². The standard InChI is InChI=1S/C19H31FN2/c20-14-11-17-7-9-18(10-8-17)19(12-3-1-4-13-19)22-16-6-2-5-15-21/h7-10,22H,1-6,11-16,21H2. The summed E-state index contributed by atoms with van der Waals surface area (Å²) in [5, 5.41) is 3.85. The van der Waals surface area contributed by atoms with Gasteiger partial charge in [-0.2, -0.15) is 0 Å². The third kappa shape index (κ3) is 4.79. The summed E-state index contributed by atoms with van der Waals surface area (Å²) >= 11 is 0. The molecule has 0 heterocycles. The molecule has 0 aromatic heterocycles. The Hall–Kier alpha value is -0.930. The molecule has 3 N–H and O–H groups in total. The molecule has 0 amide bonds. The van der Waals surface area contributed by atoms with Crippen molar-refractivity contribution in [3.05, 3.63) is 35.4 Å². The molecular weight excluding hydrogens is 275 g/mol. The number of benzene rings is 1. The van der Waals surface area contributed by atoms with E-state index in [9.17, 15) is 4.39 Å². The van der Waals surface area contributed by atoms with Crippen LogP contribution >= 0.6 is 0 Å². The van der Waals surface area contributed by atoms with Crippen molar-refractivity contribution in [1.29, 1.82) is 0 Å². The second-order valence-corrected chi connectivity index (χ2v) is 6.55. The van der Waals surface area contributed by atoms with Gasteiger partial charge in [-0.05, 0) is 49.9 Å². The smallest absolute Gasteiger partial charge is 0.0934 e. The zero-order valence-corrected chi connectivity index (χ0v) is 13.7. The number of unbranched alkanes of at least 4 members (excludes halogenated alkanes) is 2. The Morgan fingerprint density at radius 2 is 1.73 bits per heavy atom. The van der Waals surface area contributed by atoms with Crippen molar-refractivity contribution in [3.63, 3.8) is 0 Å². The fraction of sp³-hybridized carbons (Fsp3) is 0.684. The van der Waals surface area contributed by atoms with E-state index in [1.165, 1.54) is 50.5 Å². The lowest BCUT2D eigenvalue weighted by atomic mass is 9.76. The van der Waals surface area contributed by atoms with Crippen LogP contribution in [0.15, 0.2) is 24.3 Å². The normalized spacial score (nSPS) is 17.5. The molecule has 3 heteroatoms. The minimum Gasteiger partial charge on any atom is -0.330 e. The van der Waals surface area contributed by atoms with Gasteiger partial charge in [-0.1, -0.05) is 49.9 Å². The van der Waals surface area contributed by atoms with Gasteiger partial charge in [-0.3, -0.25) is 4.39 Å². The third-order valence-electron chi connectivity index (χ3n) is 4.94. The molecule has 1 saturated carbocycles. The molecule has 0 unspecified atom stereocenters. The Labute approximate surface area is 134 Å². The Bertz CT molecular complexity index is 410. The third-order valence-corrected chi connectivity index (χ3v) is 4.94. The molecule has 1 aromatic carbocycles. The average Bonchev–Trinajstić information content (AvgIpc) is 2.56. The zero-order valence-electron chi connectivity index (χ0n) is 13.7. The van der Waals surface area contributed by atoms with E-state index in [1.807, 2.05) is 0 Å². The van der Waals surface area contributed by atoms with Gasteiger partial charge in [0, 0.05) is 12.0 Å². The van der Waals surface area contributed by atoms with Gasteiger partial charge in [-0.25, -0.2) is 0 Å². The SMILES string of the molecule is NCCCCCNC1(c2ccc(CCF)cc2)CCCCC1. The second-order valence-electron chi connectivity index (χ2n) is 6.55. The lowest BCUT2D eigenvalue weighted by Gasteiger charge is -2.39. The molecular formula is C19H31FN2. The predicted octanol–water partition coefficient (Wildman–Crippen LogP) is 4.08. The van der Waals surface area contributed by atoms with E-state index in [-0.39, 0.29) is 12.2 Å². The van der Waals surface area contributed by atoms with Crippen LogP contribution in [0.2, 0.25) is 0 Å².